The number of piperidine rings is 1. The fraction of sp³-hybridized carbons (Fsp3) is 0.364. The summed E-state index contributed by atoms with van der Waals surface area (Å²) in [6, 6.07) is 6.13. The van der Waals surface area contributed by atoms with E-state index in [2.05, 4.69) is 28.2 Å². The SMILES string of the molecule is C=N/C(=C\c1cc(-c2cnn(C)c2)ccc1C)NC(=O)C1CCN(C(C)=O)CC1. The normalized spacial score (nSPS) is 15.3. The minimum Gasteiger partial charge on any atom is -0.343 e. The van der Waals surface area contributed by atoms with Crippen molar-refractivity contribution >= 4 is 24.6 Å². The third-order valence-electron chi connectivity index (χ3n) is 5.34. The lowest BCUT2D eigenvalue weighted by atomic mass is 9.96. The molecule has 1 fully saturated rings. The van der Waals surface area contributed by atoms with Crippen molar-refractivity contribution in [2.75, 3.05) is 13.1 Å². The molecule has 1 aromatic carbocycles. The van der Waals surface area contributed by atoms with Crippen LogP contribution in [0.5, 0.6) is 0 Å². The Balaban J connectivity index is 1.73. The van der Waals surface area contributed by atoms with E-state index in [0.717, 1.165) is 22.3 Å². The lowest BCUT2D eigenvalue weighted by molar-refractivity contribution is -0.133. The van der Waals surface area contributed by atoms with Crippen molar-refractivity contribution in [1.29, 1.82) is 0 Å². The number of aliphatic imine (C=N–C) groups is 1. The van der Waals surface area contributed by atoms with Gasteiger partial charge in [-0.05, 0) is 55.3 Å². The lowest BCUT2D eigenvalue weighted by Crippen LogP contribution is -2.41. The summed E-state index contributed by atoms with van der Waals surface area (Å²) in [4.78, 5) is 29.9. The molecule has 7 heteroatoms. The molecule has 2 amide bonds. The minimum absolute atomic E-state index is 0.0566. The fourth-order valence-corrected chi connectivity index (χ4v) is 3.50. The van der Waals surface area contributed by atoms with Crippen LogP contribution < -0.4 is 5.32 Å². The van der Waals surface area contributed by atoms with E-state index >= 15 is 0 Å². The zero-order chi connectivity index (χ0) is 21.0. The van der Waals surface area contributed by atoms with Crippen LogP contribution in [-0.4, -0.2) is 46.3 Å². The van der Waals surface area contributed by atoms with E-state index in [4.69, 9.17) is 0 Å². The van der Waals surface area contributed by atoms with Crippen molar-refractivity contribution in [2.24, 2.45) is 18.0 Å². The molecular weight excluding hydrogens is 366 g/mol. The number of nitrogens with zero attached hydrogens (tertiary/aromatic N) is 4. The van der Waals surface area contributed by atoms with Gasteiger partial charge in [-0.2, -0.15) is 5.10 Å². The molecule has 1 aliphatic rings. The van der Waals surface area contributed by atoms with Crippen LogP contribution in [0.4, 0.5) is 0 Å². The summed E-state index contributed by atoms with van der Waals surface area (Å²) < 4.78 is 1.76. The van der Waals surface area contributed by atoms with Crippen LogP contribution in [-0.2, 0) is 16.6 Å². The van der Waals surface area contributed by atoms with Gasteiger partial charge < -0.3 is 10.2 Å². The molecule has 0 unspecified atom stereocenters. The minimum atomic E-state index is -0.126. The second-order valence-electron chi connectivity index (χ2n) is 7.43. The smallest absolute Gasteiger partial charge is 0.228 e. The van der Waals surface area contributed by atoms with E-state index in [-0.39, 0.29) is 17.7 Å². The summed E-state index contributed by atoms with van der Waals surface area (Å²) in [5, 5.41) is 7.11. The van der Waals surface area contributed by atoms with Crippen LogP contribution >= 0.6 is 0 Å². The molecule has 1 aromatic heterocycles. The molecule has 2 aromatic rings. The van der Waals surface area contributed by atoms with Gasteiger partial charge >= 0.3 is 0 Å². The maximum absolute atomic E-state index is 12.7. The highest BCUT2D eigenvalue weighted by Crippen LogP contribution is 2.24. The fourth-order valence-electron chi connectivity index (χ4n) is 3.50. The van der Waals surface area contributed by atoms with E-state index in [1.54, 1.807) is 16.5 Å². The zero-order valence-corrected chi connectivity index (χ0v) is 17.2. The Kier molecular flexibility index (Phi) is 6.26. The number of carbonyl (C=O) groups is 2. The van der Waals surface area contributed by atoms with Gasteiger partial charge in [0, 0.05) is 44.7 Å². The molecule has 0 aliphatic carbocycles. The second-order valence-corrected chi connectivity index (χ2v) is 7.43. The molecule has 7 nitrogen and oxygen atoms in total. The van der Waals surface area contributed by atoms with Gasteiger partial charge in [-0.3, -0.25) is 14.3 Å². The number of nitrogens with one attached hydrogen (secondary N) is 1. The largest absolute Gasteiger partial charge is 0.343 e. The number of aromatic nitrogens is 2. The number of likely N-dealkylation sites (tertiary alicyclic amines) is 1. The zero-order valence-electron chi connectivity index (χ0n) is 17.2. The summed E-state index contributed by atoms with van der Waals surface area (Å²) in [5.74, 6) is 0.281. The third kappa shape index (κ3) is 4.99. The van der Waals surface area contributed by atoms with Gasteiger partial charge in [0.1, 0.15) is 5.82 Å². The highest BCUT2D eigenvalue weighted by molar-refractivity contribution is 5.82. The Bertz CT molecular complexity index is 952. The van der Waals surface area contributed by atoms with Crippen LogP contribution in [0.15, 0.2) is 41.4 Å². The van der Waals surface area contributed by atoms with Gasteiger partial charge in [0.2, 0.25) is 11.8 Å². The molecule has 152 valence electrons. The van der Waals surface area contributed by atoms with Gasteiger partial charge in [0.15, 0.2) is 0 Å². The number of benzene rings is 1. The van der Waals surface area contributed by atoms with Gasteiger partial charge in [-0.25, -0.2) is 4.99 Å². The first kappa shape index (κ1) is 20.5. The van der Waals surface area contributed by atoms with Crippen molar-refractivity contribution in [1.82, 2.24) is 20.0 Å². The van der Waals surface area contributed by atoms with Crippen molar-refractivity contribution < 1.29 is 9.59 Å². The average molecular weight is 393 g/mol. The molecule has 29 heavy (non-hydrogen) atoms. The molecular formula is C22H27N5O2. The highest BCUT2D eigenvalue weighted by Gasteiger charge is 2.26. The third-order valence-corrected chi connectivity index (χ3v) is 5.34. The molecule has 0 spiro atoms. The topological polar surface area (TPSA) is 79.6 Å². The van der Waals surface area contributed by atoms with Crippen LogP contribution in [0.1, 0.15) is 30.9 Å². The number of aryl methyl sites for hydroxylation is 2. The van der Waals surface area contributed by atoms with Gasteiger partial charge in [0.25, 0.3) is 0 Å². The van der Waals surface area contributed by atoms with Crippen molar-refractivity contribution in [3.8, 4) is 11.1 Å². The van der Waals surface area contributed by atoms with E-state index in [0.29, 0.717) is 31.8 Å². The Hall–Kier alpha value is -3.22. The van der Waals surface area contributed by atoms with E-state index < -0.39 is 0 Å². The van der Waals surface area contributed by atoms with E-state index in [9.17, 15) is 9.59 Å². The first-order chi connectivity index (χ1) is 13.9. The maximum Gasteiger partial charge on any atom is 0.228 e. The van der Waals surface area contributed by atoms with E-state index in [1.165, 1.54) is 0 Å². The summed E-state index contributed by atoms with van der Waals surface area (Å²) in [5.41, 5.74) is 4.10. The first-order valence-corrected chi connectivity index (χ1v) is 9.72. The van der Waals surface area contributed by atoms with Crippen LogP contribution in [0.3, 0.4) is 0 Å². The molecule has 1 N–H and O–H groups in total. The van der Waals surface area contributed by atoms with Gasteiger partial charge in [0.05, 0.1) is 6.20 Å². The predicted octanol–water partition coefficient (Wildman–Crippen LogP) is 2.77. The molecule has 0 bridgehead atoms. The van der Waals surface area contributed by atoms with Crippen molar-refractivity contribution in [3.63, 3.8) is 0 Å². The summed E-state index contributed by atoms with van der Waals surface area (Å²) in [6.45, 7) is 8.40. The average Bonchev–Trinajstić information content (AvgIpc) is 3.15. The molecule has 3 rings (SSSR count). The number of carbonyl (C=O) groups excluding carboxylic acids is 2. The highest BCUT2D eigenvalue weighted by atomic mass is 16.2. The number of hydrogen-bond acceptors (Lipinski definition) is 4. The number of amides is 2. The Labute approximate surface area is 171 Å². The molecule has 0 radical (unpaired) electrons. The predicted molar refractivity (Wildman–Crippen MR) is 114 cm³/mol. The number of rotatable bonds is 5. The molecule has 1 aliphatic heterocycles. The van der Waals surface area contributed by atoms with Crippen LogP contribution in [0, 0.1) is 12.8 Å². The molecule has 2 heterocycles. The monoisotopic (exact) mass is 393 g/mol. The Morgan fingerprint density at radius 1 is 1.28 bits per heavy atom. The lowest BCUT2D eigenvalue weighted by Gasteiger charge is -2.30. The Morgan fingerprint density at radius 3 is 2.59 bits per heavy atom. The number of hydrogen-bond donors (Lipinski definition) is 1. The quantitative estimate of drug-likeness (QED) is 0.794. The molecule has 1 saturated heterocycles. The molecule has 0 saturated carbocycles. The van der Waals surface area contributed by atoms with E-state index in [1.807, 2.05) is 44.6 Å². The maximum atomic E-state index is 12.7. The van der Waals surface area contributed by atoms with Gasteiger partial charge in [-0.1, -0.05) is 12.1 Å². The standard InChI is InChI=1S/C22H27N5O2/c1-15-5-6-18(20-13-24-26(4)14-20)11-19(15)12-21(23-3)25-22(29)17-7-9-27(10-8-17)16(2)28/h5-6,11-14,17H,3,7-10H2,1-2,4H3,(H,25,29)/b21-12+. The van der Waals surface area contributed by atoms with Crippen LogP contribution in [0.2, 0.25) is 0 Å². The summed E-state index contributed by atoms with van der Waals surface area (Å²) >= 11 is 0. The Morgan fingerprint density at radius 2 is 2.00 bits per heavy atom. The van der Waals surface area contributed by atoms with Crippen molar-refractivity contribution in [2.45, 2.75) is 26.7 Å². The van der Waals surface area contributed by atoms with Gasteiger partial charge in [-0.15, -0.1) is 0 Å². The molecule has 0 atom stereocenters. The summed E-state index contributed by atoms with van der Waals surface area (Å²) in [7, 11) is 1.88. The second kappa shape index (κ2) is 8.86. The van der Waals surface area contributed by atoms with Crippen LogP contribution in [0.25, 0.3) is 17.2 Å². The first-order valence-electron chi connectivity index (χ1n) is 9.72. The van der Waals surface area contributed by atoms with Crippen molar-refractivity contribution in [3.05, 3.63) is 47.5 Å². The summed E-state index contributed by atoms with van der Waals surface area (Å²) in [6.07, 6.45) is 6.93.